The Labute approximate surface area is 276 Å². The largest absolute Gasteiger partial charge is 0.309 e. The zero-order valence-electron chi connectivity index (χ0n) is 25.8. The number of fused-ring (bicyclic) bond motifs is 8. The van der Waals surface area contributed by atoms with Gasteiger partial charge >= 0.3 is 0 Å². The van der Waals surface area contributed by atoms with Crippen LogP contribution in [-0.4, -0.2) is 24.1 Å². The van der Waals surface area contributed by atoms with Crippen molar-refractivity contribution in [2.75, 3.05) is 0 Å². The molecule has 0 amide bonds. The van der Waals surface area contributed by atoms with E-state index in [4.69, 9.17) is 15.0 Å². The molecule has 0 saturated heterocycles. The van der Waals surface area contributed by atoms with Gasteiger partial charge in [-0.05, 0) is 59.7 Å². The van der Waals surface area contributed by atoms with Crippen molar-refractivity contribution in [2.24, 2.45) is 0 Å². The van der Waals surface area contributed by atoms with E-state index in [2.05, 4.69) is 149 Å². The Balaban J connectivity index is 1.26. The summed E-state index contributed by atoms with van der Waals surface area (Å²) >= 11 is 0. The fourth-order valence-electron chi connectivity index (χ4n) is 7.29. The fourth-order valence-corrected chi connectivity index (χ4v) is 7.29. The summed E-state index contributed by atoms with van der Waals surface area (Å²) in [7, 11) is 0. The lowest BCUT2D eigenvalue weighted by atomic mass is 10.0. The number of pyridine rings is 1. The van der Waals surface area contributed by atoms with Crippen LogP contribution in [0.2, 0.25) is 0 Å². The van der Waals surface area contributed by atoms with Crippen LogP contribution in [0, 0.1) is 0 Å². The predicted octanol–water partition coefficient (Wildman–Crippen LogP) is 10.6. The molecule has 5 heteroatoms. The number of hydrogen-bond acceptors (Lipinski definition) is 3. The molecular formula is C43H27N5. The highest BCUT2D eigenvalue weighted by atomic mass is 15.2. The number of nitrogens with zero attached hydrogens (tertiary/aromatic N) is 5. The molecule has 10 rings (SSSR count). The summed E-state index contributed by atoms with van der Waals surface area (Å²) in [4.78, 5) is 15.4. The highest BCUT2D eigenvalue weighted by molar-refractivity contribution is 6.28. The summed E-state index contributed by atoms with van der Waals surface area (Å²) in [6.07, 6.45) is 1.85. The fraction of sp³-hybridized carbons (Fsp3) is 0. The van der Waals surface area contributed by atoms with Gasteiger partial charge in [0.1, 0.15) is 5.65 Å². The molecule has 0 bridgehead atoms. The predicted molar refractivity (Wildman–Crippen MR) is 197 cm³/mol. The normalized spacial score (nSPS) is 11.8. The van der Waals surface area contributed by atoms with Crippen LogP contribution in [0.15, 0.2) is 164 Å². The number of hydrogen-bond donors (Lipinski definition) is 0. The first-order valence-corrected chi connectivity index (χ1v) is 16.1. The van der Waals surface area contributed by atoms with Gasteiger partial charge in [-0.1, -0.05) is 109 Å². The van der Waals surface area contributed by atoms with E-state index in [1.54, 1.807) is 0 Å². The third-order valence-electron chi connectivity index (χ3n) is 9.40. The van der Waals surface area contributed by atoms with Gasteiger partial charge in [-0.25, -0.2) is 15.0 Å². The molecule has 0 atom stereocenters. The van der Waals surface area contributed by atoms with Crippen LogP contribution >= 0.6 is 0 Å². The van der Waals surface area contributed by atoms with Gasteiger partial charge in [0.05, 0.1) is 27.8 Å². The Morgan fingerprint density at radius 3 is 1.81 bits per heavy atom. The average Bonchev–Trinajstić information content (AvgIpc) is 3.68. The van der Waals surface area contributed by atoms with E-state index in [1.165, 1.54) is 27.4 Å². The molecule has 0 aliphatic rings. The number of aromatic nitrogens is 5. The SMILES string of the molecule is c1ccc(-c2ccc(-c3nc(-n4c5ccc6c(c7ccccc7n6-c6ccccc6)c5c5cccnc54)nc4ccccc34)cc2)cc1. The minimum Gasteiger partial charge on any atom is -0.309 e. The minimum atomic E-state index is 0.598. The van der Waals surface area contributed by atoms with Gasteiger partial charge in [0.15, 0.2) is 0 Å². The quantitative estimate of drug-likeness (QED) is 0.198. The Bertz CT molecular complexity index is 2810. The second kappa shape index (κ2) is 10.5. The van der Waals surface area contributed by atoms with Crippen LogP contribution in [0.3, 0.4) is 0 Å². The second-order valence-corrected chi connectivity index (χ2v) is 12.1. The third-order valence-corrected chi connectivity index (χ3v) is 9.40. The molecule has 0 spiro atoms. The lowest BCUT2D eigenvalue weighted by Crippen LogP contribution is -2.04. The molecule has 4 heterocycles. The Morgan fingerprint density at radius 2 is 1.00 bits per heavy atom. The first-order valence-electron chi connectivity index (χ1n) is 16.1. The summed E-state index contributed by atoms with van der Waals surface area (Å²) in [6.45, 7) is 0. The number of rotatable bonds is 4. The van der Waals surface area contributed by atoms with Crippen molar-refractivity contribution in [2.45, 2.75) is 0 Å². The molecule has 224 valence electrons. The molecular weight excluding hydrogens is 587 g/mol. The lowest BCUT2D eigenvalue weighted by molar-refractivity contribution is 0.998. The van der Waals surface area contributed by atoms with Gasteiger partial charge in [0.25, 0.3) is 0 Å². The Kier molecular flexibility index (Phi) is 5.81. The molecule has 0 aliphatic heterocycles. The highest BCUT2D eigenvalue weighted by Crippen LogP contribution is 2.42. The van der Waals surface area contributed by atoms with Crippen molar-refractivity contribution in [1.82, 2.24) is 24.1 Å². The zero-order valence-corrected chi connectivity index (χ0v) is 25.8. The second-order valence-electron chi connectivity index (χ2n) is 12.1. The van der Waals surface area contributed by atoms with Gasteiger partial charge in [-0.3, -0.25) is 4.57 Å². The molecule has 0 aliphatic carbocycles. The maximum absolute atomic E-state index is 5.32. The van der Waals surface area contributed by atoms with E-state index < -0.39 is 0 Å². The first-order chi connectivity index (χ1) is 23.8. The van der Waals surface area contributed by atoms with Crippen molar-refractivity contribution in [3.8, 4) is 34.0 Å². The van der Waals surface area contributed by atoms with Crippen molar-refractivity contribution in [1.29, 1.82) is 0 Å². The number of para-hydroxylation sites is 3. The van der Waals surface area contributed by atoms with Crippen LogP contribution in [0.25, 0.3) is 88.7 Å². The van der Waals surface area contributed by atoms with E-state index >= 15 is 0 Å². The molecule has 0 N–H and O–H groups in total. The van der Waals surface area contributed by atoms with Crippen LogP contribution in [0.5, 0.6) is 0 Å². The van der Waals surface area contributed by atoms with Gasteiger partial charge in [0, 0.05) is 44.4 Å². The molecule has 0 fully saturated rings. The van der Waals surface area contributed by atoms with Gasteiger partial charge in [0.2, 0.25) is 5.95 Å². The Hall–Kier alpha value is -6.59. The maximum atomic E-state index is 5.32. The lowest BCUT2D eigenvalue weighted by Gasteiger charge is -2.12. The standard InChI is InChI=1S/C43H27N5/c1-3-12-28(13-4-1)29-21-23-30(24-22-29)41-32-16-7-9-19-35(32)45-43(46-41)48-38-26-25-37-39(40(38)34-18-11-27-44-42(34)48)33-17-8-10-20-36(33)47(37)31-14-5-2-6-15-31/h1-27H. The molecule has 48 heavy (non-hydrogen) atoms. The van der Waals surface area contributed by atoms with Crippen molar-refractivity contribution in [3.63, 3.8) is 0 Å². The van der Waals surface area contributed by atoms with Crippen molar-refractivity contribution < 1.29 is 0 Å². The summed E-state index contributed by atoms with van der Waals surface area (Å²) in [5, 5.41) is 5.62. The number of benzene rings is 6. The summed E-state index contributed by atoms with van der Waals surface area (Å²) in [6, 6.07) is 55.2. The van der Waals surface area contributed by atoms with Gasteiger partial charge in [-0.15, -0.1) is 0 Å². The van der Waals surface area contributed by atoms with Gasteiger partial charge < -0.3 is 4.57 Å². The van der Waals surface area contributed by atoms with Crippen LogP contribution in [0.4, 0.5) is 0 Å². The first kappa shape index (κ1) is 26.6. The molecule has 0 unspecified atom stereocenters. The van der Waals surface area contributed by atoms with E-state index in [-0.39, 0.29) is 0 Å². The summed E-state index contributed by atoms with van der Waals surface area (Å²) in [5.41, 5.74) is 10.5. The molecule has 5 nitrogen and oxygen atoms in total. The van der Waals surface area contributed by atoms with Crippen molar-refractivity contribution >= 4 is 54.6 Å². The smallest absolute Gasteiger partial charge is 0.237 e. The Morgan fingerprint density at radius 1 is 0.396 bits per heavy atom. The minimum absolute atomic E-state index is 0.598. The van der Waals surface area contributed by atoms with E-state index in [9.17, 15) is 0 Å². The molecule has 10 aromatic rings. The van der Waals surface area contributed by atoms with Crippen LogP contribution < -0.4 is 0 Å². The third kappa shape index (κ3) is 3.94. The van der Waals surface area contributed by atoms with E-state index in [1.807, 2.05) is 24.4 Å². The summed E-state index contributed by atoms with van der Waals surface area (Å²) in [5.74, 6) is 0.598. The maximum Gasteiger partial charge on any atom is 0.237 e. The summed E-state index contributed by atoms with van der Waals surface area (Å²) < 4.78 is 4.49. The zero-order chi connectivity index (χ0) is 31.6. The van der Waals surface area contributed by atoms with Crippen LogP contribution in [-0.2, 0) is 0 Å². The van der Waals surface area contributed by atoms with Gasteiger partial charge in [-0.2, -0.15) is 0 Å². The van der Waals surface area contributed by atoms with E-state index in [0.717, 1.165) is 55.3 Å². The molecule has 4 aromatic heterocycles. The van der Waals surface area contributed by atoms with Crippen molar-refractivity contribution in [3.05, 3.63) is 164 Å². The van der Waals surface area contributed by atoms with Crippen LogP contribution in [0.1, 0.15) is 0 Å². The topological polar surface area (TPSA) is 48.5 Å². The molecule has 0 saturated carbocycles. The highest BCUT2D eigenvalue weighted by Gasteiger charge is 2.22. The molecule has 0 radical (unpaired) electrons. The molecule has 6 aromatic carbocycles. The monoisotopic (exact) mass is 613 g/mol. The van der Waals surface area contributed by atoms with E-state index in [0.29, 0.717) is 5.95 Å². The average molecular weight is 614 g/mol.